The number of nitrogen functional groups attached to an aromatic ring is 1. The SMILES string of the molecule is Cc1cc(N)nc(COc2cccc(F)c2)n1. The van der Waals surface area contributed by atoms with E-state index in [1.807, 2.05) is 6.92 Å². The Morgan fingerprint density at radius 3 is 2.82 bits per heavy atom. The van der Waals surface area contributed by atoms with Crippen LogP contribution in [0.15, 0.2) is 30.3 Å². The smallest absolute Gasteiger partial charge is 0.168 e. The second kappa shape index (κ2) is 4.78. The van der Waals surface area contributed by atoms with E-state index < -0.39 is 0 Å². The van der Waals surface area contributed by atoms with E-state index in [-0.39, 0.29) is 12.4 Å². The van der Waals surface area contributed by atoms with Crippen molar-refractivity contribution in [1.29, 1.82) is 0 Å². The van der Waals surface area contributed by atoms with Gasteiger partial charge in [0.15, 0.2) is 5.82 Å². The first-order chi connectivity index (χ1) is 8.13. The molecule has 1 aromatic heterocycles. The fourth-order valence-corrected chi connectivity index (χ4v) is 1.43. The van der Waals surface area contributed by atoms with Gasteiger partial charge in [0.25, 0.3) is 0 Å². The van der Waals surface area contributed by atoms with Gasteiger partial charge in [0, 0.05) is 17.8 Å². The summed E-state index contributed by atoms with van der Waals surface area (Å²) in [5.74, 6) is 0.975. The van der Waals surface area contributed by atoms with Crippen molar-refractivity contribution in [3.05, 3.63) is 47.7 Å². The van der Waals surface area contributed by atoms with Crippen molar-refractivity contribution in [3.63, 3.8) is 0 Å². The fourth-order valence-electron chi connectivity index (χ4n) is 1.43. The lowest BCUT2D eigenvalue weighted by Crippen LogP contribution is -2.05. The van der Waals surface area contributed by atoms with Crippen molar-refractivity contribution in [2.45, 2.75) is 13.5 Å². The summed E-state index contributed by atoms with van der Waals surface area (Å²) in [5.41, 5.74) is 6.36. The molecular formula is C12H12FN3O. The molecule has 17 heavy (non-hydrogen) atoms. The van der Waals surface area contributed by atoms with Gasteiger partial charge in [-0.3, -0.25) is 0 Å². The third-order valence-corrected chi connectivity index (χ3v) is 2.08. The molecule has 0 bridgehead atoms. The average Bonchev–Trinajstić information content (AvgIpc) is 2.25. The highest BCUT2D eigenvalue weighted by Gasteiger charge is 2.02. The standard InChI is InChI=1S/C12H12FN3O/c1-8-5-11(14)16-12(15-8)7-17-10-4-2-3-9(13)6-10/h2-6H,7H2,1H3,(H2,14,15,16). The number of aryl methyl sites for hydroxylation is 1. The van der Waals surface area contributed by atoms with Gasteiger partial charge in [-0.2, -0.15) is 0 Å². The number of hydrogen-bond acceptors (Lipinski definition) is 4. The van der Waals surface area contributed by atoms with E-state index in [0.717, 1.165) is 5.69 Å². The molecule has 0 unspecified atom stereocenters. The van der Waals surface area contributed by atoms with Crippen LogP contribution in [0, 0.1) is 12.7 Å². The molecule has 0 radical (unpaired) electrons. The molecule has 0 spiro atoms. The van der Waals surface area contributed by atoms with Gasteiger partial charge in [0.05, 0.1) is 0 Å². The Kier molecular flexibility index (Phi) is 3.18. The second-order valence-corrected chi connectivity index (χ2v) is 3.60. The third-order valence-electron chi connectivity index (χ3n) is 2.08. The molecule has 0 atom stereocenters. The lowest BCUT2D eigenvalue weighted by Gasteiger charge is -2.06. The van der Waals surface area contributed by atoms with Crippen molar-refractivity contribution in [2.75, 3.05) is 5.73 Å². The van der Waals surface area contributed by atoms with Crippen LogP contribution in [0.3, 0.4) is 0 Å². The van der Waals surface area contributed by atoms with Gasteiger partial charge >= 0.3 is 0 Å². The highest BCUT2D eigenvalue weighted by Crippen LogP contribution is 2.13. The van der Waals surface area contributed by atoms with Crippen LogP contribution in [0.4, 0.5) is 10.2 Å². The van der Waals surface area contributed by atoms with Crippen molar-refractivity contribution in [2.24, 2.45) is 0 Å². The minimum absolute atomic E-state index is 0.162. The van der Waals surface area contributed by atoms with E-state index in [2.05, 4.69) is 9.97 Å². The van der Waals surface area contributed by atoms with Gasteiger partial charge in [0.2, 0.25) is 0 Å². The fraction of sp³-hybridized carbons (Fsp3) is 0.167. The second-order valence-electron chi connectivity index (χ2n) is 3.60. The van der Waals surface area contributed by atoms with Crippen LogP contribution in [0.2, 0.25) is 0 Å². The van der Waals surface area contributed by atoms with Gasteiger partial charge in [-0.25, -0.2) is 14.4 Å². The lowest BCUT2D eigenvalue weighted by molar-refractivity contribution is 0.294. The Bertz CT molecular complexity index is 511. The number of nitrogens with zero attached hydrogens (tertiary/aromatic N) is 2. The molecule has 1 heterocycles. The van der Waals surface area contributed by atoms with Crippen LogP contribution in [-0.4, -0.2) is 9.97 Å². The number of rotatable bonds is 3. The third kappa shape index (κ3) is 3.14. The monoisotopic (exact) mass is 233 g/mol. The summed E-state index contributed by atoms with van der Waals surface area (Å²) in [5, 5.41) is 0. The maximum Gasteiger partial charge on any atom is 0.168 e. The number of nitrogens with two attached hydrogens (primary N) is 1. The Labute approximate surface area is 98.3 Å². The average molecular weight is 233 g/mol. The van der Waals surface area contributed by atoms with Crippen molar-refractivity contribution in [1.82, 2.24) is 9.97 Å². The van der Waals surface area contributed by atoms with Crippen molar-refractivity contribution >= 4 is 5.82 Å². The van der Waals surface area contributed by atoms with E-state index in [4.69, 9.17) is 10.5 Å². The molecule has 88 valence electrons. The van der Waals surface area contributed by atoms with Crippen LogP contribution in [0.25, 0.3) is 0 Å². The molecule has 2 aromatic rings. The zero-order valence-corrected chi connectivity index (χ0v) is 9.35. The molecule has 1 aromatic carbocycles. The van der Waals surface area contributed by atoms with Gasteiger partial charge < -0.3 is 10.5 Å². The van der Waals surface area contributed by atoms with E-state index in [0.29, 0.717) is 17.4 Å². The summed E-state index contributed by atoms with van der Waals surface area (Å²) >= 11 is 0. The molecule has 0 fully saturated rings. The summed E-state index contributed by atoms with van der Waals surface area (Å²) in [7, 11) is 0. The Morgan fingerprint density at radius 1 is 1.29 bits per heavy atom. The quantitative estimate of drug-likeness (QED) is 0.881. The topological polar surface area (TPSA) is 61.0 Å². The molecule has 0 aliphatic heterocycles. The molecule has 4 nitrogen and oxygen atoms in total. The van der Waals surface area contributed by atoms with Crippen LogP contribution >= 0.6 is 0 Å². The summed E-state index contributed by atoms with van der Waals surface area (Å²) < 4.78 is 18.3. The van der Waals surface area contributed by atoms with Crippen LogP contribution in [-0.2, 0) is 6.61 Å². The molecule has 0 aliphatic rings. The number of ether oxygens (including phenoxy) is 1. The minimum Gasteiger partial charge on any atom is -0.486 e. The normalized spacial score (nSPS) is 10.2. The molecule has 2 rings (SSSR count). The number of aromatic nitrogens is 2. The van der Waals surface area contributed by atoms with Crippen LogP contribution in [0.5, 0.6) is 5.75 Å². The summed E-state index contributed by atoms with van der Waals surface area (Å²) in [6.07, 6.45) is 0. The minimum atomic E-state index is -0.341. The number of anilines is 1. The Balaban J connectivity index is 2.07. The predicted molar refractivity (Wildman–Crippen MR) is 61.9 cm³/mol. The van der Waals surface area contributed by atoms with Crippen LogP contribution < -0.4 is 10.5 Å². The Morgan fingerprint density at radius 2 is 2.12 bits per heavy atom. The van der Waals surface area contributed by atoms with E-state index >= 15 is 0 Å². The molecule has 0 saturated carbocycles. The predicted octanol–water partition coefficient (Wildman–Crippen LogP) is 2.09. The molecule has 0 aliphatic carbocycles. The summed E-state index contributed by atoms with van der Waals surface area (Å²) in [4.78, 5) is 8.18. The number of benzene rings is 1. The molecule has 5 heteroatoms. The highest BCUT2D eigenvalue weighted by atomic mass is 19.1. The van der Waals surface area contributed by atoms with E-state index in [9.17, 15) is 4.39 Å². The first-order valence-corrected chi connectivity index (χ1v) is 5.12. The largest absolute Gasteiger partial charge is 0.486 e. The van der Waals surface area contributed by atoms with Crippen molar-refractivity contribution in [3.8, 4) is 5.75 Å². The molecule has 2 N–H and O–H groups in total. The zero-order valence-electron chi connectivity index (χ0n) is 9.35. The lowest BCUT2D eigenvalue weighted by atomic mass is 10.3. The zero-order chi connectivity index (χ0) is 12.3. The molecular weight excluding hydrogens is 221 g/mol. The van der Waals surface area contributed by atoms with Gasteiger partial charge in [-0.1, -0.05) is 6.07 Å². The van der Waals surface area contributed by atoms with Crippen LogP contribution in [0.1, 0.15) is 11.5 Å². The highest BCUT2D eigenvalue weighted by molar-refractivity contribution is 5.29. The summed E-state index contributed by atoms with van der Waals surface area (Å²) in [6.45, 7) is 1.99. The van der Waals surface area contributed by atoms with E-state index in [1.54, 1.807) is 18.2 Å². The first-order valence-electron chi connectivity index (χ1n) is 5.12. The van der Waals surface area contributed by atoms with Gasteiger partial charge in [-0.15, -0.1) is 0 Å². The molecule has 0 saturated heterocycles. The van der Waals surface area contributed by atoms with Crippen molar-refractivity contribution < 1.29 is 9.13 Å². The molecule has 0 amide bonds. The maximum atomic E-state index is 12.9. The van der Waals surface area contributed by atoms with E-state index in [1.165, 1.54) is 12.1 Å². The maximum absolute atomic E-state index is 12.9. The first kappa shape index (κ1) is 11.3. The number of hydrogen-bond donors (Lipinski definition) is 1. The number of halogens is 1. The Hall–Kier alpha value is -2.17. The summed E-state index contributed by atoms with van der Waals surface area (Å²) in [6, 6.07) is 7.58. The van der Waals surface area contributed by atoms with Gasteiger partial charge in [-0.05, 0) is 19.1 Å². The van der Waals surface area contributed by atoms with Gasteiger partial charge in [0.1, 0.15) is 24.0 Å².